The number of carbonyl (C=O) groups is 1. The van der Waals surface area contributed by atoms with Crippen molar-refractivity contribution in [3.05, 3.63) is 30.1 Å². The number of carbonyl (C=O) groups excluding carboxylic acids is 1. The first-order valence-corrected chi connectivity index (χ1v) is 8.62. The average molecular weight is 374 g/mol. The summed E-state index contributed by atoms with van der Waals surface area (Å²) in [7, 11) is 0.889. The number of nitrogens with zero attached hydrogens (tertiary/aromatic N) is 4. The van der Waals surface area contributed by atoms with Crippen molar-refractivity contribution in [2.24, 2.45) is 0 Å². The Morgan fingerprint density at radius 3 is 2.37 bits per heavy atom. The normalized spacial score (nSPS) is 17.7. The number of esters is 1. The largest absolute Gasteiger partial charge is 0.494 e. The highest BCUT2D eigenvalue weighted by Crippen LogP contribution is 2.36. The van der Waals surface area contributed by atoms with Crippen molar-refractivity contribution in [2.75, 3.05) is 7.11 Å². The van der Waals surface area contributed by atoms with Gasteiger partial charge in [-0.25, -0.2) is 4.79 Å². The number of hydrogen-bond donors (Lipinski definition) is 0. The summed E-state index contributed by atoms with van der Waals surface area (Å²) >= 11 is 0. The van der Waals surface area contributed by atoms with E-state index >= 15 is 0 Å². The summed E-state index contributed by atoms with van der Waals surface area (Å²) in [6.45, 7) is 8.12. The second-order valence-corrected chi connectivity index (χ2v) is 7.26. The molecule has 27 heavy (non-hydrogen) atoms. The SMILES string of the molecule is COC(=O)Cn1nnc(COc2ccc(B3OC(C)(C)C(C)(C)O3)cc2)n1. The zero-order valence-corrected chi connectivity index (χ0v) is 16.1. The van der Waals surface area contributed by atoms with E-state index in [9.17, 15) is 4.79 Å². The third-order valence-corrected chi connectivity index (χ3v) is 4.77. The van der Waals surface area contributed by atoms with Crippen LogP contribution in [0.3, 0.4) is 0 Å². The summed E-state index contributed by atoms with van der Waals surface area (Å²) in [4.78, 5) is 12.3. The lowest BCUT2D eigenvalue weighted by atomic mass is 9.79. The Kier molecular flexibility index (Phi) is 5.21. The van der Waals surface area contributed by atoms with Crippen molar-refractivity contribution < 1.29 is 23.6 Å². The van der Waals surface area contributed by atoms with Gasteiger partial charge < -0.3 is 18.8 Å². The Labute approximate surface area is 158 Å². The van der Waals surface area contributed by atoms with E-state index in [-0.39, 0.29) is 24.4 Å². The van der Waals surface area contributed by atoms with Gasteiger partial charge in [-0.15, -0.1) is 10.2 Å². The number of ether oxygens (including phenoxy) is 2. The van der Waals surface area contributed by atoms with Crippen molar-refractivity contribution in [1.82, 2.24) is 20.2 Å². The van der Waals surface area contributed by atoms with Crippen LogP contribution in [-0.2, 0) is 32.0 Å². The van der Waals surface area contributed by atoms with Crippen LogP contribution >= 0.6 is 0 Å². The molecule has 2 aromatic rings. The third-order valence-electron chi connectivity index (χ3n) is 4.77. The van der Waals surface area contributed by atoms with Gasteiger partial charge in [0.05, 0.1) is 18.3 Å². The van der Waals surface area contributed by atoms with Crippen molar-refractivity contribution >= 4 is 18.6 Å². The van der Waals surface area contributed by atoms with Gasteiger partial charge in [0.1, 0.15) is 5.75 Å². The lowest BCUT2D eigenvalue weighted by Crippen LogP contribution is -2.41. The van der Waals surface area contributed by atoms with E-state index in [0.717, 1.165) is 10.3 Å². The molecule has 0 radical (unpaired) electrons. The molecule has 0 saturated carbocycles. The molecular weight excluding hydrogens is 351 g/mol. The highest BCUT2D eigenvalue weighted by atomic mass is 16.7. The van der Waals surface area contributed by atoms with E-state index in [1.54, 1.807) is 0 Å². The van der Waals surface area contributed by atoms with Crippen molar-refractivity contribution in [3.8, 4) is 5.75 Å². The summed E-state index contributed by atoms with van der Waals surface area (Å²) in [5.41, 5.74) is 0.159. The number of hydrogen-bond acceptors (Lipinski definition) is 8. The highest BCUT2D eigenvalue weighted by molar-refractivity contribution is 6.62. The second kappa shape index (κ2) is 7.28. The molecule has 0 unspecified atom stereocenters. The summed E-state index contributed by atoms with van der Waals surface area (Å²) in [6.07, 6.45) is 0. The summed E-state index contributed by atoms with van der Waals surface area (Å²) in [5, 5.41) is 11.7. The monoisotopic (exact) mass is 374 g/mol. The number of rotatable bonds is 6. The molecule has 9 nitrogen and oxygen atoms in total. The smallest absolute Gasteiger partial charge is 0.485 e. The summed E-state index contributed by atoms with van der Waals surface area (Å²) in [6, 6.07) is 7.47. The lowest BCUT2D eigenvalue weighted by Gasteiger charge is -2.32. The maximum atomic E-state index is 11.2. The lowest BCUT2D eigenvalue weighted by molar-refractivity contribution is -0.141. The van der Waals surface area contributed by atoms with E-state index < -0.39 is 13.1 Å². The first-order valence-electron chi connectivity index (χ1n) is 8.62. The molecule has 1 aliphatic rings. The molecule has 10 heteroatoms. The fourth-order valence-corrected chi connectivity index (χ4v) is 2.43. The first-order chi connectivity index (χ1) is 12.7. The minimum atomic E-state index is -0.446. The molecule has 0 atom stereocenters. The van der Waals surface area contributed by atoms with Crippen LogP contribution in [-0.4, -0.2) is 51.6 Å². The molecule has 0 N–H and O–H groups in total. The van der Waals surface area contributed by atoms with Crippen LogP contribution in [0.1, 0.15) is 33.5 Å². The second-order valence-electron chi connectivity index (χ2n) is 7.26. The van der Waals surface area contributed by atoms with Crippen molar-refractivity contribution in [1.29, 1.82) is 0 Å². The highest BCUT2D eigenvalue weighted by Gasteiger charge is 2.51. The van der Waals surface area contributed by atoms with E-state index in [2.05, 4.69) is 20.1 Å². The van der Waals surface area contributed by atoms with Gasteiger partial charge in [0.25, 0.3) is 0 Å². The minimum Gasteiger partial charge on any atom is -0.485 e. The zero-order valence-electron chi connectivity index (χ0n) is 16.1. The molecule has 1 fully saturated rings. The first kappa shape index (κ1) is 19.3. The Hall–Kier alpha value is -2.46. The Bertz CT molecular complexity index is 790. The number of methoxy groups -OCH3 is 1. The van der Waals surface area contributed by atoms with Crippen LogP contribution in [0.15, 0.2) is 24.3 Å². The molecule has 3 rings (SSSR count). The molecule has 144 valence electrons. The topological polar surface area (TPSA) is 97.6 Å². The predicted octanol–water partition coefficient (Wildman–Crippen LogP) is 0.724. The zero-order chi connectivity index (χ0) is 19.7. The molecule has 1 aromatic carbocycles. The van der Waals surface area contributed by atoms with Gasteiger partial charge in [0.2, 0.25) is 5.82 Å². The van der Waals surface area contributed by atoms with E-state index in [0.29, 0.717) is 11.6 Å². The fraction of sp³-hybridized carbons (Fsp3) is 0.529. The van der Waals surface area contributed by atoms with E-state index in [1.165, 1.54) is 7.11 Å². The van der Waals surface area contributed by atoms with Crippen LogP contribution in [0.4, 0.5) is 0 Å². The molecular formula is C17H23BN4O5. The molecule has 1 aliphatic heterocycles. The minimum absolute atomic E-state index is 0.0910. The van der Waals surface area contributed by atoms with Gasteiger partial charge in [0, 0.05) is 0 Å². The number of benzene rings is 1. The van der Waals surface area contributed by atoms with E-state index in [4.69, 9.17) is 14.0 Å². The van der Waals surface area contributed by atoms with Crippen molar-refractivity contribution in [3.63, 3.8) is 0 Å². The molecule has 1 saturated heterocycles. The Morgan fingerprint density at radius 2 is 1.78 bits per heavy atom. The van der Waals surface area contributed by atoms with Gasteiger partial charge >= 0.3 is 13.1 Å². The predicted molar refractivity (Wildman–Crippen MR) is 96.3 cm³/mol. The Morgan fingerprint density at radius 1 is 1.15 bits per heavy atom. The van der Waals surface area contributed by atoms with Gasteiger partial charge in [-0.3, -0.25) is 0 Å². The van der Waals surface area contributed by atoms with Crippen LogP contribution in [0.5, 0.6) is 5.75 Å². The summed E-state index contributed by atoms with van der Waals surface area (Å²) in [5.74, 6) is 0.576. The summed E-state index contributed by atoms with van der Waals surface area (Å²) < 4.78 is 22.3. The average Bonchev–Trinajstić information content (AvgIpc) is 3.14. The van der Waals surface area contributed by atoms with Gasteiger partial charge in [-0.2, -0.15) is 4.80 Å². The van der Waals surface area contributed by atoms with Crippen molar-refractivity contribution in [2.45, 2.75) is 52.0 Å². The van der Waals surface area contributed by atoms with Crippen LogP contribution < -0.4 is 10.2 Å². The van der Waals surface area contributed by atoms with Crippen LogP contribution in [0.2, 0.25) is 0 Å². The quantitative estimate of drug-likeness (QED) is 0.539. The molecule has 1 aromatic heterocycles. The maximum absolute atomic E-state index is 11.2. The maximum Gasteiger partial charge on any atom is 0.494 e. The number of aromatic nitrogens is 4. The Balaban J connectivity index is 1.57. The van der Waals surface area contributed by atoms with E-state index in [1.807, 2.05) is 52.0 Å². The van der Waals surface area contributed by atoms with Crippen LogP contribution in [0, 0.1) is 0 Å². The third kappa shape index (κ3) is 4.28. The molecule has 0 aliphatic carbocycles. The molecule has 2 heterocycles. The van der Waals surface area contributed by atoms with Gasteiger partial charge in [-0.1, -0.05) is 12.1 Å². The molecule has 0 amide bonds. The van der Waals surface area contributed by atoms with Gasteiger partial charge in [-0.05, 0) is 50.5 Å². The molecule has 0 spiro atoms. The van der Waals surface area contributed by atoms with Gasteiger partial charge in [0.15, 0.2) is 13.2 Å². The number of tetrazole rings is 1. The standard InChI is InChI=1S/C17H23BN4O5/c1-16(2)17(3,4)27-18(26-16)12-6-8-13(9-7-12)25-11-14-19-21-22(20-14)10-15(23)24-5/h6-9H,10-11H2,1-5H3. The van der Waals surface area contributed by atoms with Crippen LogP contribution in [0.25, 0.3) is 0 Å². The molecule has 0 bridgehead atoms. The fourth-order valence-electron chi connectivity index (χ4n) is 2.43.